The molecule has 1 N–H and O–H groups in total. The van der Waals surface area contributed by atoms with Crippen LogP contribution in [0.25, 0.3) is 0 Å². The lowest BCUT2D eigenvalue weighted by atomic mass is 9.77. The number of para-hydroxylation sites is 1. The third-order valence-corrected chi connectivity index (χ3v) is 6.13. The van der Waals surface area contributed by atoms with Crippen LogP contribution in [0.4, 0.5) is 11.4 Å². The molecule has 0 aromatic heterocycles. The van der Waals surface area contributed by atoms with Crippen molar-refractivity contribution in [3.8, 4) is 5.75 Å². The van der Waals surface area contributed by atoms with Crippen molar-refractivity contribution in [2.45, 2.75) is 18.4 Å². The zero-order chi connectivity index (χ0) is 21.0. The van der Waals surface area contributed by atoms with Crippen LogP contribution in [0, 0.1) is 5.92 Å². The Kier molecular flexibility index (Phi) is 5.40. The first kappa shape index (κ1) is 19.4. The molecule has 3 nitrogen and oxygen atoms in total. The van der Waals surface area contributed by atoms with E-state index in [1.54, 1.807) is 6.08 Å². The normalized spacial score (nSPS) is 21.4. The standard InChI is InChI=1S/C28H26N2O/c1-2-18-31-23-16-10-20(11-17-23)19-29-22-14-12-21(13-15-22)28-26-8-5-7-24(26)25-6-3-4-9-27(25)30-28/h2-7,9-17,19,24,26,28,30H,1,8,18H2/t24-,26+,28+/m1/s1. The Morgan fingerprint density at radius 3 is 2.61 bits per heavy atom. The molecule has 1 aliphatic carbocycles. The van der Waals surface area contributed by atoms with Gasteiger partial charge in [0.2, 0.25) is 0 Å². The van der Waals surface area contributed by atoms with Crippen molar-refractivity contribution in [2.75, 3.05) is 11.9 Å². The fourth-order valence-electron chi connectivity index (χ4n) is 4.60. The molecule has 0 spiro atoms. The summed E-state index contributed by atoms with van der Waals surface area (Å²) < 4.78 is 5.52. The van der Waals surface area contributed by atoms with E-state index >= 15 is 0 Å². The molecule has 0 fully saturated rings. The molecule has 3 aromatic rings. The van der Waals surface area contributed by atoms with Gasteiger partial charge in [-0.2, -0.15) is 0 Å². The Balaban J connectivity index is 1.30. The minimum atomic E-state index is 0.316. The minimum absolute atomic E-state index is 0.316. The highest BCUT2D eigenvalue weighted by molar-refractivity contribution is 5.82. The third kappa shape index (κ3) is 4.04. The summed E-state index contributed by atoms with van der Waals surface area (Å²) in [6.45, 7) is 4.18. The van der Waals surface area contributed by atoms with Crippen LogP contribution in [0.5, 0.6) is 5.75 Å². The Morgan fingerprint density at radius 2 is 1.81 bits per heavy atom. The monoisotopic (exact) mass is 406 g/mol. The van der Waals surface area contributed by atoms with Gasteiger partial charge in [-0.25, -0.2) is 0 Å². The van der Waals surface area contributed by atoms with Gasteiger partial charge in [0.1, 0.15) is 12.4 Å². The highest BCUT2D eigenvalue weighted by Gasteiger charge is 2.37. The number of aliphatic imine (C=N–C) groups is 1. The summed E-state index contributed by atoms with van der Waals surface area (Å²) in [5, 5.41) is 3.79. The first-order valence-electron chi connectivity index (χ1n) is 10.8. The fourth-order valence-corrected chi connectivity index (χ4v) is 4.60. The van der Waals surface area contributed by atoms with E-state index in [4.69, 9.17) is 4.74 Å². The molecule has 3 atom stereocenters. The predicted molar refractivity (Wildman–Crippen MR) is 129 cm³/mol. The van der Waals surface area contributed by atoms with Crippen molar-refractivity contribution < 1.29 is 4.74 Å². The minimum Gasteiger partial charge on any atom is -0.490 e. The quantitative estimate of drug-likeness (QED) is 0.360. The van der Waals surface area contributed by atoms with E-state index in [-0.39, 0.29) is 0 Å². The van der Waals surface area contributed by atoms with Crippen LogP contribution in [0.3, 0.4) is 0 Å². The van der Waals surface area contributed by atoms with Crippen LogP contribution in [-0.4, -0.2) is 12.8 Å². The molecule has 0 saturated carbocycles. The number of rotatable bonds is 6. The van der Waals surface area contributed by atoms with Crippen LogP contribution >= 0.6 is 0 Å². The van der Waals surface area contributed by atoms with Gasteiger partial charge >= 0.3 is 0 Å². The second-order valence-corrected chi connectivity index (χ2v) is 8.08. The van der Waals surface area contributed by atoms with Gasteiger partial charge in [-0.05, 0) is 71.5 Å². The van der Waals surface area contributed by atoms with E-state index in [0.29, 0.717) is 24.5 Å². The van der Waals surface area contributed by atoms with Gasteiger partial charge in [-0.3, -0.25) is 4.99 Å². The molecule has 3 heteroatoms. The highest BCUT2D eigenvalue weighted by Crippen LogP contribution is 2.49. The second-order valence-electron chi connectivity index (χ2n) is 8.08. The van der Waals surface area contributed by atoms with Crippen molar-refractivity contribution in [1.82, 2.24) is 0 Å². The van der Waals surface area contributed by atoms with Crippen LogP contribution in [0.2, 0.25) is 0 Å². The van der Waals surface area contributed by atoms with Crippen molar-refractivity contribution >= 4 is 17.6 Å². The van der Waals surface area contributed by atoms with Gasteiger partial charge in [-0.1, -0.05) is 55.1 Å². The third-order valence-electron chi connectivity index (χ3n) is 6.13. The molecule has 0 saturated heterocycles. The SMILES string of the molecule is C=CCOc1ccc(C=Nc2ccc([C@@H]3Nc4ccccc4[C@H]4C=CC[C@@H]43)cc2)cc1. The van der Waals surface area contributed by atoms with Gasteiger partial charge in [0.25, 0.3) is 0 Å². The van der Waals surface area contributed by atoms with Crippen LogP contribution in [0.1, 0.15) is 35.1 Å². The van der Waals surface area contributed by atoms with Gasteiger partial charge < -0.3 is 10.1 Å². The van der Waals surface area contributed by atoms with E-state index in [9.17, 15) is 0 Å². The van der Waals surface area contributed by atoms with Gasteiger partial charge in [0, 0.05) is 17.8 Å². The first-order chi connectivity index (χ1) is 15.3. The Morgan fingerprint density at radius 1 is 1.00 bits per heavy atom. The van der Waals surface area contributed by atoms with E-state index in [2.05, 4.69) is 77.6 Å². The molecule has 2 aliphatic rings. The molecule has 1 heterocycles. The molecular weight excluding hydrogens is 380 g/mol. The summed E-state index contributed by atoms with van der Waals surface area (Å²) in [7, 11) is 0. The highest BCUT2D eigenvalue weighted by atomic mass is 16.5. The average Bonchev–Trinajstić information content (AvgIpc) is 3.32. The number of benzene rings is 3. The lowest BCUT2D eigenvalue weighted by Crippen LogP contribution is -2.28. The Bertz CT molecular complexity index is 1110. The molecule has 0 bridgehead atoms. The topological polar surface area (TPSA) is 33.6 Å². The van der Waals surface area contributed by atoms with E-state index in [1.807, 2.05) is 30.5 Å². The Hall–Kier alpha value is -3.59. The number of hydrogen-bond donors (Lipinski definition) is 1. The average molecular weight is 407 g/mol. The maximum absolute atomic E-state index is 5.52. The fraction of sp³-hybridized carbons (Fsp3) is 0.179. The van der Waals surface area contributed by atoms with Crippen LogP contribution < -0.4 is 10.1 Å². The summed E-state index contributed by atoms with van der Waals surface area (Å²) in [4.78, 5) is 4.64. The van der Waals surface area contributed by atoms with Crippen LogP contribution in [-0.2, 0) is 0 Å². The molecule has 31 heavy (non-hydrogen) atoms. The van der Waals surface area contributed by atoms with Crippen molar-refractivity contribution in [3.63, 3.8) is 0 Å². The van der Waals surface area contributed by atoms with Crippen molar-refractivity contribution in [1.29, 1.82) is 0 Å². The number of fused-ring (bicyclic) bond motifs is 3. The van der Waals surface area contributed by atoms with Gasteiger partial charge in [-0.15, -0.1) is 0 Å². The van der Waals surface area contributed by atoms with Gasteiger partial charge in [0.15, 0.2) is 0 Å². The van der Waals surface area contributed by atoms with E-state index in [0.717, 1.165) is 23.4 Å². The second kappa shape index (κ2) is 8.65. The number of hydrogen-bond acceptors (Lipinski definition) is 3. The van der Waals surface area contributed by atoms with Crippen molar-refractivity contribution in [2.24, 2.45) is 10.9 Å². The zero-order valence-corrected chi connectivity index (χ0v) is 17.4. The number of allylic oxidation sites excluding steroid dienone is 2. The van der Waals surface area contributed by atoms with Gasteiger partial charge in [0.05, 0.1) is 11.7 Å². The number of anilines is 1. The van der Waals surface area contributed by atoms with E-state index in [1.165, 1.54) is 16.8 Å². The summed E-state index contributed by atoms with van der Waals surface area (Å²) in [6.07, 6.45) is 9.45. The summed E-state index contributed by atoms with van der Waals surface area (Å²) in [5.41, 5.74) is 5.98. The van der Waals surface area contributed by atoms with Crippen molar-refractivity contribution in [3.05, 3.63) is 114 Å². The maximum Gasteiger partial charge on any atom is 0.119 e. The predicted octanol–water partition coefficient (Wildman–Crippen LogP) is 6.83. The molecule has 0 amide bonds. The zero-order valence-electron chi connectivity index (χ0n) is 17.4. The van der Waals surface area contributed by atoms with E-state index < -0.39 is 0 Å². The molecule has 3 aromatic carbocycles. The summed E-state index contributed by atoms with van der Waals surface area (Å²) in [6, 6.07) is 25.5. The maximum atomic E-state index is 5.52. The number of nitrogens with one attached hydrogen (secondary N) is 1. The Labute approximate surface area is 183 Å². The lowest BCUT2D eigenvalue weighted by Gasteiger charge is -2.37. The summed E-state index contributed by atoms with van der Waals surface area (Å²) >= 11 is 0. The first-order valence-corrected chi connectivity index (χ1v) is 10.8. The summed E-state index contributed by atoms with van der Waals surface area (Å²) in [5.74, 6) is 1.90. The molecule has 1 aliphatic heterocycles. The largest absolute Gasteiger partial charge is 0.490 e. The molecular formula is C28H26N2O. The smallest absolute Gasteiger partial charge is 0.119 e. The molecule has 154 valence electrons. The molecule has 5 rings (SSSR count). The number of nitrogens with zero attached hydrogens (tertiary/aromatic N) is 1. The number of ether oxygens (including phenoxy) is 1. The van der Waals surface area contributed by atoms with Crippen LogP contribution in [0.15, 0.2) is 103 Å². The molecule has 0 radical (unpaired) electrons. The lowest BCUT2D eigenvalue weighted by molar-refractivity contribution is 0.363. The molecule has 0 unspecified atom stereocenters.